The molecule has 37 heavy (non-hydrogen) atoms. The monoisotopic (exact) mass is 525 g/mol. The lowest BCUT2D eigenvalue weighted by molar-refractivity contribution is -0.151. The smallest absolute Gasteiger partial charge is 0.338 e. The number of allylic oxidation sites excluding steroid dienone is 1. The minimum Gasteiger partial charge on any atom is -0.466 e. The van der Waals surface area contributed by atoms with E-state index in [0.717, 1.165) is 27.6 Å². The van der Waals surface area contributed by atoms with Crippen molar-refractivity contribution in [2.75, 3.05) is 26.3 Å². The number of piperidine rings is 1. The zero-order chi connectivity index (χ0) is 26.7. The van der Waals surface area contributed by atoms with Gasteiger partial charge in [-0.1, -0.05) is 35.5 Å². The van der Waals surface area contributed by atoms with Crippen molar-refractivity contribution in [1.29, 1.82) is 0 Å². The van der Waals surface area contributed by atoms with E-state index >= 15 is 0 Å². The molecule has 9 heteroatoms. The molecule has 0 unspecified atom stereocenters. The first-order valence-electron chi connectivity index (χ1n) is 12.9. The Morgan fingerprint density at radius 3 is 2.41 bits per heavy atom. The zero-order valence-electron chi connectivity index (χ0n) is 22.2. The van der Waals surface area contributed by atoms with Crippen LogP contribution < -0.4 is 0 Å². The van der Waals surface area contributed by atoms with Crippen LogP contribution in [0.25, 0.3) is 0 Å². The quantitative estimate of drug-likeness (QED) is 0.480. The Morgan fingerprint density at radius 2 is 1.76 bits per heavy atom. The third-order valence-electron chi connectivity index (χ3n) is 7.02. The number of amidine groups is 1. The van der Waals surface area contributed by atoms with Gasteiger partial charge in [-0.3, -0.25) is 9.59 Å². The van der Waals surface area contributed by atoms with Crippen molar-refractivity contribution < 1.29 is 23.9 Å². The number of rotatable bonds is 7. The SMILES string of the molecule is CCOC(=O)C1=C(C)N=C2SC=C(CC(=O)N3CCC(C(=O)OCC)CC3)N2[C@H]1c1ccc(C)cc1C. The average Bonchev–Trinajstić information content (AvgIpc) is 3.25. The summed E-state index contributed by atoms with van der Waals surface area (Å²) in [5, 5.41) is 2.71. The Balaban J connectivity index is 1.58. The normalized spacial score (nSPS) is 19.9. The first-order valence-corrected chi connectivity index (χ1v) is 13.8. The van der Waals surface area contributed by atoms with Gasteiger partial charge in [0.1, 0.15) is 0 Å². The third-order valence-corrected chi connectivity index (χ3v) is 7.90. The van der Waals surface area contributed by atoms with E-state index in [-0.39, 0.29) is 30.8 Å². The minimum atomic E-state index is -0.434. The molecule has 4 rings (SSSR count). The maximum absolute atomic E-state index is 13.4. The molecule has 0 aromatic heterocycles. The van der Waals surface area contributed by atoms with Crippen LogP contribution in [0.4, 0.5) is 0 Å². The Labute approximate surface area is 222 Å². The van der Waals surface area contributed by atoms with Crippen LogP contribution in [0.15, 0.2) is 45.6 Å². The van der Waals surface area contributed by atoms with Gasteiger partial charge in [0.15, 0.2) is 5.17 Å². The number of amides is 1. The van der Waals surface area contributed by atoms with E-state index in [1.165, 1.54) is 11.8 Å². The molecule has 1 aromatic rings. The Hall–Kier alpha value is -3.07. The number of ether oxygens (including phenoxy) is 2. The fourth-order valence-corrected chi connectivity index (χ4v) is 6.12. The summed E-state index contributed by atoms with van der Waals surface area (Å²) in [4.78, 5) is 47.2. The van der Waals surface area contributed by atoms with Crippen LogP contribution in [-0.2, 0) is 23.9 Å². The van der Waals surface area contributed by atoms with Gasteiger partial charge in [-0.05, 0) is 64.0 Å². The van der Waals surface area contributed by atoms with E-state index in [1.807, 2.05) is 48.1 Å². The minimum absolute atomic E-state index is 0.00116. The Kier molecular flexibility index (Phi) is 8.42. The van der Waals surface area contributed by atoms with Gasteiger partial charge >= 0.3 is 11.9 Å². The van der Waals surface area contributed by atoms with Crippen LogP contribution in [0.2, 0.25) is 0 Å². The summed E-state index contributed by atoms with van der Waals surface area (Å²) in [5.41, 5.74) is 5.11. The molecule has 1 saturated heterocycles. The first kappa shape index (κ1) is 27.0. The molecule has 3 aliphatic rings. The molecule has 1 aromatic carbocycles. The number of benzene rings is 1. The zero-order valence-corrected chi connectivity index (χ0v) is 23.0. The predicted octanol–water partition coefficient (Wildman–Crippen LogP) is 4.63. The van der Waals surface area contributed by atoms with Gasteiger partial charge in [0.05, 0.1) is 42.9 Å². The summed E-state index contributed by atoms with van der Waals surface area (Å²) in [6.45, 7) is 11.2. The van der Waals surface area contributed by atoms with Crippen LogP contribution in [0.3, 0.4) is 0 Å². The number of nitrogens with zero attached hydrogens (tertiary/aromatic N) is 3. The Morgan fingerprint density at radius 1 is 1.05 bits per heavy atom. The number of fused-ring (bicyclic) bond motifs is 1. The lowest BCUT2D eigenvalue weighted by Gasteiger charge is -2.37. The van der Waals surface area contributed by atoms with Gasteiger partial charge in [-0.15, -0.1) is 0 Å². The van der Waals surface area contributed by atoms with Crippen molar-refractivity contribution in [2.45, 2.75) is 59.9 Å². The molecule has 1 fully saturated rings. The molecule has 0 spiro atoms. The lowest BCUT2D eigenvalue weighted by Crippen LogP contribution is -2.42. The van der Waals surface area contributed by atoms with Crippen molar-refractivity contribution in [3.8, 4) is 0 Å². The number of aliphatic imine (C=N–C) groups is 1. The molecular formula is C28H35N3O5S. The number of aryl methyl sites for hydroxylation is 2. The Bertz CT molecular complexity index is 1180. The van der Waals surface area contributed by atoms with Gasteiger partial charge in [-0.2, -0.15) is 0 Å². The summed E-state index contributed by atoms with van der Waals surface area (Å²) >= 11 is 1.47. The molecule has 0 saturated carbocycles. The second-order valence-electron chi connectivity index (χ2n) is 9.56. The van der Waals surface area contributed by atoms with Crippen LogP contribution >= 0.6 is 11.8 Å². The summed E-state index contributed by atoms with van der Waals surface area (Å²) in [6, 6.07) is 5.75. The highest BCUT2D eigenvalue weighted by Gasteiger charge is 2.42. The molecule has 0 bridgehead atoms. The number of carbonyl (C=O) groups excluding carboxylic acids is 3. The maximum atomic E-state index is 13.4. The van der Waals surface area contributed by atoms with Crippen molar-refractivity contribution in [1.82, 2.24) is 9.80 Å². The van der Waals surface area contributed by atoms with E-state index in [2.05, 4.69) is 6.07 Å². The molecule has 3 aliphatic heterocycles. The highest BCUT2D eigenvalue weighted by atomic mass is 32.2. The number of carbonyl (C=O) groups is 3. The van der Waals surface area contributed by atoms with Gasteiger partial charge in [0.2, 0.25) is 5.91 Å². The van der Waals surface area contributed by atoms with Gasteiger partial charge < -0.3 is 19.3 Å². The number of thioether (sulfide) groups is 1. The summed E-state index contributed by atoms with van der Waals surface area (Å²) in [7, 11) is 0. The first-order chi connectivity index (χ1) is 17.7. The van der Waals surface area contributed by atoms with Crippen LogP contribution in [0.5, 0.6) is 0 Å². The van der Waals surface area contributed by atoms with Crippen molar-refractivity contribution in [2.24, 2.45) is 10.9 Å². The van der Waals surface area contributed by atoms with Crippen LogP contribution in [0.1, 0.15) is 62.8 Å². The maximum Gasteiger partial charge on any atom is 0.338 e. The molecule has 0 aliphatic carbocycles. The molecule has 0 radical (unpaired) electrons. The molecule has 1 atom stereocenters. The lowest BCUT2D eigenvalue weighted by atomic mass is 9.90. The van der Waals surface area contributed by atoms with Crippen molar-refractivity contribution >= 4 is 34.8 Å². The van der Waals surface area contributed by atoms with Crippen molar-refractivity contribution in [3.05, 3.63) is 57.3 Å². The van der Waals surface area contributed by atoms with Gasteiger partial charge in [-0.25, -0.2) is 9.79 Å². The van der Waals surface area contributed by atoms with E-state index in [1.54, 1.807) is 13.8 Å². The van der Waals surface area contributed by atoms with Gasteiger partial charge in [0.25, 0.3) is 0 Å². The van der Waals surface area contributed by atoms with Crippen LogP contribution in [0, 0.1) is 19.8 Å². The van der Waals surface area contributed by atoms with Crippen LogP contribution in [-0.4, -0.2) is 59.1 Å². The number of hydrogen-bond acceptors (Lipinski definition) is 8. The van der Waals surface area contributed by atoms with Crippen molar-refractivity contribution in [3.63, 3.8) is 0 Å². The second-order valence-corrected chi connectivity index (χ2v) is 10.4. The third kappa shape index (κ3) is 5.61. The largest absolute Gasteiger partial charge is 0.466 e. The fraction of sp³-hybridized carbons (Fsp3) is 0.500. The average molecular weight is 526 g/mol. The summed E-state index contributed by atoms with van der Waals surface area (Å²) < 4.78 is 10.6. The van der Waals surface area contributed by atoms with E-state index in [9.17, 15) is 14.4 Å². The number of esters is 2. The van der Waals surface area contributed by atoms with E-state index in [4.69, 9.17) is 14.5 Å². The fourth-order valence-electron chi connectivity index (χ4n) is 5.16. The van der Waals surface area contributed by atoms with E-state index in [0.29, 0.717) is 43.8 Å². The molecule has 1 amide bonds. The summed E-state index contributed by atoms with van der Waals surface area (Å²) in [5.74, 6) is -0.723. The standard InChI is InChI=1S/C28H35N3O5S/c1-6-35-26(33)20-10-12-30(13-11-20)23(32)15-21-16-37-28-29-19(5)24(27(34)36-7-2)25(31(21)28)22-9-8-17(3)14-18(22)4/h8-9,14,16,20,25H,6-7,10-13,15H2,1-5H3/t25-/m0/s1. The molecule has 3 heterocycles. The molecule has 0 N–H and O–H groups in total. The topological polar surface area (TPSA) is 88.5 Å². The second kappa shape index (κ2) is 11.5. The number of likely N-dealkylation sites (tertiary alicyclic amines) is 1. The molecule has 198 valence electrons. The van der Waals surface area contributed by atoms with E-state index < -0.39 is 12.0 Å². The number of hydrogen-bond donors (Lipinski definition) is 0. The highest BCUT2D eigenvalue weighted by Crippen LogP contribution is 2.45. The summed E-state index contributed by atoms with van der Waals surface area (Å²) in [6.07, 6.45) is 1.40. The predicted molar refractivity (Wildman–Crippen MR) is 143 cm³/mol. The van der Waals surface area contributed by atoms with Gasteiger partial charge in [0, 0.05) is 18.8 Å². The highest BCUT2D eigenvalue weighted by molar-refractivity contribution is 8.16. The molecular weight excluding hydrogens is 490 g/mol. The molecule has 8 nitrogen and oxygen atoms in total.